The Morgan fingerprint density at radius 2 is 1.52 bits per heavy atom. The number of rotatable bonds is 9. The molecule has 0 saturated carbocycles. The number of methoxy groups -OCH3 is 2. The van der Waals surface area contributed by atoms with Gasteiger partial charge in [0, 0.05) is 25.8 Å². The maximum absolute atomic E-state index is 12.5. The van der Waals surface area contributed by atoms with Crippen LogP contribution in [0, 0.1) is 0 Å². The lowest BCUT2D eigenvalue weighted by molar-refractivity contribution is -0.114. The number of sulfonamides is 2. The summed E-state index contributed by atoms with van der Waals surface area (Å²) in [6.07, 6.45) is 0.959. The standard InChI is InChI=1S/C19H25N3O7S2/c1-21(2)31(26,27)16-9-7-15(8-10-16)22(30(5,24)25)13-19(23)20-14-6-11-17(28-3)18(12-14)29-4/h6-12H,13H2,1-5H3,(H,20,23). The average Bonchev–Trinajstić information content (AvgIpc) is 2.71. The minimum Gasteiger partial charge on any atom is -0.493 e. The topological polar surface area (TPSA) is 122 Å². The smallest absolute Gasteiger partial charge is 0.245 e. The third-order valence-electron chi connectivity index (χ3n) is 4.26. The van der Waals surface area contributed by atoms with Gasteiger partial charge in [0.1, 0.15) is 6.54 Å². The molecule has 0 heterocycles. The zero-order chi connectivity index (χ0) is 23.4. The molecule has 0 bridgehead atoms. The zero-order valence-corrected chi connectivity index (χ0v) is 19.5. The molecule has 0 atom stereocenters. The number of hydrogen-bond donors (Lipinski definition) is 1. The van der Waals surface area contributed by atoms with E-state index in [4.69, 9.17) is 9.47 Å². The molecule has 0 aliphatic heterocycles. The van der Waals surface area contributed by atoms with Gasteiger partial charge in [-0.25, -0.2) is 21.1 Å². The molecule has 0 aromatic heterocycles. The van der Waals surface area contributed by atoms with Crippen LogP contribution in [0.25, 0.3) is 0 Å². The molecule has 0 unspecified atom stereocenters. The molecule has 2 aromatic rings. The molecule has 1 N–H and O–H groups in total. The quantitative estimate of drug-likeness (QED) is 0.586. The molecule has 0 saturated heterocycles. The number of carbonyl (C=O) groups excluding carboxylic acids is 1. The van der Waals surface area contributed by atoms with Crippen molar-refractivity contribution in [2.24, 2.45) is 0 Å². The number of nitrogens with one attached hydrogen (secondary N) is 1. The van der Waals surface area contributed by atoms with Crippen LogP contribution >= 0.6 is 0 Å². The van der Waals surface area contributed by atoms with E-state index in [-0.39, 0.29) is 10.6 Å². The van der Waals surface area contributed by atoms with Crippen molar-refractivity contribution in [2.75, 3.05) is 50.7 Å². The van der Waals surface area contributed by atoms with Crippen LogP contribution in [-0.2, 0) is 24.8 Å². The molecular formula is C19H25N3O7S2. The predicted octanol–water partition coefficient (Wildman–Crippen LogP) is 1.36. The van der Waals surface area contributed by atoms with Crippen LogP contribution in [0.5, 0.6) is 11.5 Å². The van der Waals surface area contributed by atoms with E-state index in [0.717, 1.165) is 14.9 Å². The molecule has 1 amide bonds. The second-order valence-corrected chi connectivity index (χ2v) is 10.7. The van der Waals surface area contributed by atoms with Gasteiger partial charge in [0.15, 0.2) is 11.5 Å². The van der Waals surface area contributed by atoms with Gasteiger partial charge < -0.3 is 14.8 Å². The van der Waals surface area contributed by atoms with Gasteiger partial charge in [-0.1, -0.05) is 0 Å². The number of hydrogen-bond acceptors (Lipinski definition) is 7. The molecule has 10 nitrogen and oxygen atoms in total. The fourth-order valence-electron chi connectivity index (χ4n) is 2.64. The number of anilines is 2. The molecule has 0 radical (unpaired) electrons. The van der Waals surface area contributed by atoms with Crippen molar-refractivity contribution in [3.8, 4) is 11.5 Å². The third-order valence-corrected chi connectivity index (χ3v) is 7.23. The molecule has 31 heavy (non-hydrogen) atoms. The highest BCUT2D eigenvalue weighted by molar-refractivity contribution is 7.92. The molecule has 0 aliphatic rings. The van der Waals surface area contributed by atoms with Crippen LogP contribution in [-0.4, -0.2) is 68.2 Å². The van der Waals surface area contributed by atoms with Crippen LogP contribution < -0.4 is 19.1 Å². The lowest BCUT2D eigenvalue weighted by atomic mass is 10.2. The first-order chi connectivity index (χ1) is 14.4. The fourth-order valence-corrected chi connectivity index (χ4v) is 4.40. The first kappa shape index (κ1) is 24.4. The molecule has 2 aromatic carbocycles. The van der Waals surface area contributed by atoms with E-state index >= 15 is 0 Å². The summed E-state index contributed by atoms with van der Waals surface area (Å²) in [5.41, 5.74) is 0.547. The minimum absolute atomic E-state index is 0.00415. The predicted molar refractivity (Wildman–Crippen MR) is 118 cm³/mol. The van der Waals surface area contributed by atoms with E-state index in [0.29, 0.717) is 17.2 Å². The highest BCUT2D eigenvalue weighted by Gasteiger charge is 2.23. The van der Waals surface area contributed by atoms with Crippen molar-refractivity contribution < 1.29 is 31.1 Å². The molecule has 170 valence electrons. The van der Waals surface area contributed by atoms with Gasteiger partial charge in [0.2, 0.25) is 26.0 Å². The summed E-state index contributed by atoms with van der Waals surface area (Å²) < 4.78 is 61.2. The van der Waals surface area contributed by atoms with Crippen LogP contribution in [0.3, 0.4) is 0 Å². The Hall–Kier alpha value is -2.83. The second-order valence-electron chi connectivity index (χ2n) is 6.67. The fraction of sp³-hybridized carbons (Fsp3) is 0.316. The summed E-state index contributed by atoms with van der Waals surface area (Å²) in [6.45, 7) is -0.507. The van der Waals surface area contributed by atoms with E-state index in [1.54, 1.807) is 18.2 Å². The normalized spacial score (nSPS) is 11.8. The van der Waals surface area contributed by atoms with Crippen LogP contribution in [0.15, 0.2) is 47.4 Å². The Kier molecular flexibility index (Phi) is 7.52. The number of amides is 1. The first-order valence-corrected chi connectivity index (χ1v) is 12.2. The molecule has 12 heteroatoms. The lowest BCUT2D eigenvalue weighted by Crippen LogP contribution is -2.37. The Morgan fingerprint density at radius 1 is 0.935 bits per heavy atom. The van der Waals surface area contributed by atoms with E-state index < -0.39 is 32.5 Å². The number of ether oxygens (including phenoxy) is 2. The summed E-state index contributed by atoms with van der Waals surface area (Å²) >= 11 is 0. The van der Waals surface area contributed by atoms with E-state index in [9.17, 15) is 21.6 Å². The molecule has 0 spiro atoms. The van der Waals surface area contributed by atoms with Crippen LogP contribution in [0.2, 0.25) is 0 Å². The van der Waals surface area contributed by atoms with Gasteiger partial charge in [-0.05, 0) is 36.4 Å². The van der Waals surface area contributed by atoms with Gasteiger partial charge in [0.05, 0.1) is 31.1 Å². The van der Waals surface area contributed by atoms with Crippen molar-refractivity contribution >= 4 is 37.3 Å². The van der Waals surface area contributed by atoms with Crippen molar-refractivity contribution in [2.45, 2.75) is 4.90 Å². The SMILES string of the molecule is COc1ccc(NC(=O)CN(c2ccc(S(=O)(=O)N(C)C)cc2)S(C)(=O)=O)cc1OC. The summed E-state index contributed by atoms with van der Waals surface area (Å²) in [6, 6.07) is 9.98. The van der Waals surface area contributed by atoms with Crippen molar-refractivity contribution in [3.63, 3.8) is 0 Å². The maximum atomic E-state index is 12.5. The molecule has 0 fully saturated rings. The van der Waals surface area contributed by atoms with Crippen LogP contribution in [0.4, 0.5) is 11.4 Å². The maximum Gasteiger partial charge on any atom is 0.245 e. The summed E-state index contributed by atoms with van der Waals surface area (Å²) in [5.74, 6) is 0.284. The Labute approximate surface area is 182 Å². The van der Waals surface area contributed by atoms with E-state index in [2.05, 4.69) is 5.32 Å². The second kappa shape index (κ2) is 9.54. The van der Waals surface area contributed by atoms with Crippen LogP contribution in [0.1, 0.15) is 0 Å². The van der Waals surface area contributed by atoms with Gasteiger partial charge in [-0.2, -0.15) is 0 Å². The molecular weight excluding hydrogens is 446 g/mol. The van der Waals surface area contributed by atoms with E-state index in [1.165, 1.54) is 52.6 Å². The summed E-state index contributed by atoms with van der Waals surface area (Å²) in [7, 11) is -1.77. The van der Waals surface area contributed by atoms with Gasteiger partial charge in [-0.15, -0.1) is 0 Å². The first-order valence-electron chi connectivity index (χ1n) is 8.92. The third kappa shape index (κ3) is 5.87. The minimum atomic E-state index is -3.83. The Bertz CT molecular complexity index is 1150. The highest BCUT2D eigenvalue weighted by Crippen LogP contribution is 2.30. The highest BCUT2D eigenvalue weighted by atomic mass is 32.2. The largest absolute Gasteiger partial charge is 0.493 e. The Morgan fingerprint density at radius 3 is 2.00 bits per heavy atom. The zero-order valence-electron chi connectivity index (χ0n) is 17.8. The molecule has 0 aliphatic carbocycles. The van der Waals surface area contributed by atoms with Crippen molar-refractivity contribution in [1.29, 1.82) is 0 Å². The molecule has 2 rings (SSSR count). The summed E-state index contributed by atoms with van der Waals surface area (Å²) in [5, 5.41) is 2.61. The average molecular weight is 472 g/mol. The summed E-state index contributed by atoms with van der Waals surface area (Å²) in [4.78, 5) is 12.5. The monoisotopic (exact) mass is 471 g/mol. The number of benzene rings is 2. The van der Waals surface area contributed by atoms with Gasteiger partial charge >= 0.3 is 0 Å². The number of carbonyl (C=O) groups is 1. The van der Waals surface area contributed by atoms with Crippen molar-refractivity contribution in [3.05, 3.63) is 42.5 Å². The van der Waals surface area contributed by atoms with Crippen molar-refractivity contribution in [1.82, 2.24) is 4.31 Å². The van der Waals surface area contributed by atoms with Gasteiger partial charge in [-0.3, -0.25) is 9.10 Å². The lowest BCUT2D eigenvalue weighted by Gasteiger charge is -2.22. The van der Waals surface area contributed by atoms with Gasteiger partial charge in [0.25, 0.3) is 0 Å². The van der Waals surface area contributed by atoms with E-state index in [1.807, 2.05) is 0 Å². The number of nitrogens with zero attached hydrogens (tertiary/aromatic N) is 2. The Balaban J connectivity index is 2.26.